The van der Waals surface area contributed by atoms with Crippen LogP contribution in [0.4, 0.5) is 10.5 Å². The van der Waals surface area contributed by atoms with Crippen molar-refractivity contribution in [2.75, 3.05) is 26.7 Å². The number of aliphatic imine (C=N–C) groups is 1. The number of nitrogens with zero attached hydrogens (tertiary/aromatic N) is 4. The van der Waals surface area contributed by atoms with Gasteiger partial charge < -0.3 is 25.0 Å². The molecule has 12 heteroatoms. The van der Waals surface area contributed by atoms with Crippen molar-refractivity contribution in [1.29, 1.82) is 0 Å². The number of amides is 3. The van der Waals surface area contributed by atoms with Crippen LogP contribution in [0.25, 0.3) is 0 Å². The van der Waals surface area contributed by atoms with Crippen molar-refractivity contribution in [3.63, 3.8) is 0 Å². The highest BCUT2D eigenvalue weighted by Gasteiger charge is 2.50. The Morgan fingerprint density at radius 1 is 1.17 bits per heavy atom. The van der Waals surface area contributed by atoms with Gasteiger partial charge in [-0.25, -0.2) is 4.79 Å². The largest absolute Gasteiger partial charge is 0.491 e. The summed E-state index contributed by atoms with van der Waals surface area (Å²) in [7, 11) is 1.58. The summed E-state index contributed by atoms with van der Waals surface area (Å²) in [5.74, 6) is 0.286. The molecule has 0 saturated carbocycles. The lowest BCUT2D eigenvalue weighted by Gasteiger charge is -2.35. The van der Waals surface area contributed by atoms with Gasteiger partial charge in [-0.2, -0.15) is 0 Å². The summed E-state index contributed by atoms with van der Waals surface area (Å²) in [6.07, 6.45) is -0.961. The zero-order valence-corrected chi connectivity index (χ0v) is 19.0. The van der Waals surface area contributed by atoms with Gasteiger partial charge in [0.25, 0.3) is 11.6 Å². The topological polar surface area (TPSA) is 150 Å². The Kier molecular flexibility index (Phi) is 7.11. The van der Waals surface area contributed by atoms with Crippen LogP contribution in [0.15, 0.2) is 59.6 Å². The number of guanidine groups is 1. The number of aliphatic hydroxyl groups is 1. The Hall–Kier alpha value is -4.19. The molecule has 2 fully saturated rings. The number of carbonyl (C=O) groups is 2. The SMILES string of the molecule is CN1C(=O)NC(=O)C2C1NC(=NCCc1ccccc1)N2CC(O)COc1ccc([N+](=O)[O-])cc1. The molecular weight excluding hydrogens is 456 g/mol. The zero-order valence-electron chi connectivity index (χ0n) is 19.0. The van der Waals surface area contributed by atoms with Crippen molar-refractivity contribution >= 4 is 23.6 Å². The molecule has 35 heavy (non-hydrogen) atoms. The fourth-order valence-corrected chi connectivity index (χ4v) is 3.99. The van der Waals surface area contributed by atoms with Gasteiger partial charge in [0.2, 0.25) is 0 Å². The molecule has 0 aromatic heterocycles. The van der Waals surface area contributed by atoms with Crippen LogP contribution < -0.4 is 15.4 Å². The molecule has 0 aliphatic carbocycles. The molecule has 12 nitrogen and oxygen atoms in total. The van der Waals surface area contributed by atoms with Crippen LogP contribution in [0.3, 0.4) is 0 Å². The van der Waals surface area contributed by atoms with Crippen molar-refractivity contribution in [3.8, 4) is 5.75 Å². The van der Waals surface area contributed by atoms with Crippen LogP contribution in [-0.2, 0) is 11.2 Å². The number of nitro benzene ring substituents is 1. The van der Waals surface area contributed by atoms with E-state index in [1.807, 2.05) is 30.3 Å². The van der Waals surface area contributed by atoms with Gasteiger partial charge in [0.05, 0.1) is 11.5 Å². The van der Waals surface area contributed by atoms with Gasteiger partial charge in [-0.3, -0.25) is 25.2 Å². The normalized spacial score (nSPS) is 21.4. The number of nitrogens with one attached hydrogen (secondary N) is 2. The number of carbonyl (C=O) groups excluding carboxylic acids is 2. The lowest BCUT2D eigenvalue weighted by molar-refractivity contribution is -0.384. The van der Waals surface area contributed by atoms with Gasteiger partial charge in [0.1, 0.15) is 24.6 Å². The number of benzene rings is 2. The van der Waals surface area contributed by atoms with E-state index >= 15 is 0 Å². The van der Waals surface area contributed by atoms with E-state index in [9.17, 15) is 24.8 Å². The van der Waals surface area contributed by atoms with Crippen molar-refractivity contribution in [1.82, 2.24) is 20.4 Å². The van der Waals surface area contributed by atoms with Crippen LogP contribution in [0.1, 0.15) is 5.56 Å². The Bertz CT molecular complexity index is 1110. The summed E-state index contributed by atoms with van der Waals surface area (Å²) in [4.78, 5) is 42.7. The summed E-state index contributed by atoms with van der Waals surface area (Å²) < 4.78 is 5.56. The highest BCUT2D eigenvalue weighted by Crippen LogP contribution is 2.22. The first-order valence-electron chi connectivity index (χ1n) is 11.1. The van der Waals surface area contributed by atoms with Crippen LogP contribution in [-0.4, -0.2) is 82.8 Å². The van der Waals surface area contributed by atoms with Gasteiger partial charge in [0, 0.05) is 25.7 Å². The number of nitro groups is 1. The Balaban J connectivity index is 1.44. The lowest BCUT2D eigenvalue weighted by atomic mass is 10.1. The Morgan fingerprint density at radius 3 is 2.57 bits per heavy atom. The van der Waals surface area contributed by atoms with Gasteiger partial charge >= 0.3 is 6.03 Å². The van der Waals surface area contributed by atoms with E-state index in [1.165, 1.54) is 29.2 Å². The molecule has 3 N–H and O–H groups in total. The Labute approximate surface area is 201 Å². The summed E-state index contributed by atoms with van der Waals surface area (Å²) in [5, 5.41) is 26.9. The zero-order chi connectivity index (χ0) is 24.9. The predicted molar refractivity (Wildman–Crippen MR) is 126 cm³/mol. The van der Waals surface area contributed by atoms with E-state index in [0.717, 1.165) is 5.56 Å². The van der Waals surface area contributed by atoms with Crippen molar-refractivity contribution in [3.05, 3.63) is 70.3 Å². The number of ether oxygens (including phenoxy) is 1. The van der Waals surface area contributed by atoms with E-state index in [-0.39, 0.29) is 18.8 Å². The summed E-state index contributed by atoms with van der Waals surface area (Å²) in [6.45, 7) is 0.344. The van der Waals surface area contributed by atoms with E-state index in [0.29, 0.717) is 24.7 Å². The molecule has 0 bridgehead atoms. The number of hydrogen-bond acceptors (Lipinski definition) is 7. The molecule has 3 unspecified atom stereocenters. The smallest absolute Gasteiger partial charge is 0.325 e. The molecule has 3 amide bonds. The fourth-order valence-electron chi connectivity index (χ4n) is 3.99. The number of hydrogen-bond donors (Lipinski definition) is 3. The van der Waals surface area contributed by atoms with Gasteiger partial charge in [-0.1, -0.05) is 30.3 Å². The van der Waals surface area contributed by atoms with Crippen LogP contribution >= 0.6 is 0 Å². The second-order valence-electron chi connectivity index (χ2n) is 8.25. The lowest BCUT2D eigenvalue weighted by Crippen LogP contribution is -2.65. The Morgan fingerprint density at radius 2 is 1.89 bits per heavy atom. The molecule has 2 aromatic rings. The number of urea groups is 1. The molecule has 4 rings (SSSR count). The summed E-state index contributed by atoms with van der Waals surface area (Å²) in [6, 6.07) is 14.1. The first-order valence-corrected chi connectivity index (χ1v) is 11.1. The summed E-state index contributed by atoms with van der Waals surface area (Å²) in [5.41, 5.74) is 1.05. The highest BCUT2D eigenvalue weighted by atomic mass is 16.6. The molecule has 0 spiro atoms. The van der Waals surface area contributed by atoms with Gasteiger partial charge in [-0.15, -0.1) is 0 Å². The first-order chi connectivity index (χ1) is 16.8. The number of β-amino-alcohol motifs (C(OH)–C–C–N with tert-alkyl or cyclic N) is 1. The quantitative estimate of drug-likeness (QED) is 0.350. The van der Waals surface area contributed by atoms with Gasteiger partial charge in [0.15, 0.2) is 12.0 Å². The third kappa shape index (κ3) is 5.49. The average molecular weight is 482 g/mol. The van der Waals surface area contributed by atoms with Crippen LogP contribution in [0.2, 0.25) is 0 Å². The minimum absolute atomic E-state index is 0.0147. The molecule has 2 aromatic carbocycles. The molecule has 3 atom stereocenters. The maximum absolute atomic E-state index is 12.7. The predicted octanol–water partition coefficient (Wildman–Crippen LogP) is 0.715. The number of non-ortho nitro benzene ring substituents is 1. The van der Waals surface area contributed by atoms with Crippen molar-refractivity contribution < 1.29 is 24.4 Å². The molecule has 2 saturated heterocycles. The molecular formula is C23H26N6O6. The van der Waals surface area contributed by atoms with E-state index in [4.69, 9.17) is 4.74 Å². The first kappa shape index (κ1) is 24.0. The number of aliphatic hydroxyl groups excluding tert-OH is 1. The van der Waals surface area contributed by atoms with Gasteiger partial charge in [-0.05, 0) is 24.1 Å². The minimum Gasteiger partial charge on any atom is -0.491 e. The fraction of sp³-hybridized carbons (Fsp3) is 0.348. The number of fused-ring (bicyclic) bond motifs is 1. The number of likely N-dealkylation sites (N-methyl/N-ethyl adjacent to an activating group) is 1. The standard InChI is InChI=1S/C23H26N6O6/c1-27-20-19(21(31)26-23(27)32)28(22(25-20)24-12-11-15-5-3-2-4-6-15)13-17(30)14-35-18-9-7-16(8-10-18)29(33)34/h2-10,17,19-20,30H,11-14H2,1H3,(H,24,25)(H,26,31,32). The second kappa shape index (κ2) is 10.4. The minimum atomic E-state index is -1.01. The molecule has 184 valence electrons. The maximum Gasteiger partial charge on any atom is 0.325 e. The third-order valence-corrected chi connectivity index (χ3v) is 5.82. The molecule has 2 heterocycles. The maximum atomic E-state index is 12.7. The van der Waals surface area contributed by atoms with Crippen LogP contribution in [0.5, 0.6) is 5.75 Å². The second-order valence-corrected chi connectivity index (χ2v) is 8.25. The van der Waals surface area contributed by atoms with E-state index in [2.05, 4.69) is 15.6 Å². The van der Waals surface area contributed by atoms with Crippen molar-refractivity contribution in [2.24, 2.45) is 4.99 Å². The molecule has 2 aliphatic rings. The van der Waals surface area contributed by atoms with Crippen LogP contribution in [0, 0.1) is 10.1 Å². The number of imide groups is 1. The third-order valence-electron chi connectivity index (χ3n) is 5.82. The van der Waals surface area contributed by atoms with E-state index < -0.39 is 35.2 Å². The number of rotatable bonds is 9. The monoisotopic (exact) mass is 482 g/mol. The summed E-state index contributed by atoms with van der Waals surface area (Å²) >= 11 is 0. The highest BCUT2D eigenvalue weighted by molar-refractivity contribution is 6.04. The van der Waals surface area contributed by atoms with E-state index in [1.54, 1.807) is 11.9 Å². The van der Waals surface area contributed by atoms with Crippen molar-refractivity contribution in [2.45, 2.75) is 24.7 Å². The molecule has 2 aliphatic heterocycles. The average Bonchev–Trinajstić information content (AvgIpc) is 3.21. The molecule has 0 radical (unpaired) electrons.